The third-order valence-corrected chi connectivity index (χ3v) is 4.35. The highest BCUT2D eigenvalue weighted by atomic mass is 32.3. The van der Waals surface area contributed by atoms with Crippen molar-refractivity contribution in [3.8, 4) is 0 Å². The lowest BCUT2D eigenvalue weighted by molar-refractivity contribution is 0.0796. The molecule has 1 N–H and O–H groups in total. The maximum atomic E-state index is 11.5. The first kappa shape index (κ1) is 14.9. The van der Waals surface area contributed by atoms with Crippen LogP contribution in [0.25, 0.3) is 0 Å². The third kappa shape index (κ3) is 3.91. The zero-order valence-corrected chi connectivity index (χ0v) is 12.0. The Morgan fingerprint density at radius 3 is 2.41 bits per heavy atom. The van der Waals surface area contributed by atoms with Gasteiger partial charge in [-0.1, -0.05) is 20.3 Å². The van der Waals surface area contributed by atoms with E-state index in [0.29, 0.717) is 5.92 Å². The van der Waals surface area contributed by atoms with E-state index in [0.717, 1.165) is 12.8 Å². The van der Waals surface area contributed by atoms with Crippen LogP contribution in [0.3, 0.4) is 0 Å². The Morgan fingerprint density at radius 2 is 2.00 bits per heavy atom. The Bertz CT molecular complexity index is 354. The van der Waals surface area contributed by atoms with E-state index in [1.54, 1.807) is 20.8 Å². The minimum absolute atomic E-state index is 0.0387. The first-order valence-corrected chi connectivity index (χ1v) is 7.42. The fourth-order valence-electron chi connectivity index (χ4n) is 2.04. The summed E-state index contributed by atoms with van der Waals surface area (Å²) in [5, 5.41) is 0. The van der Waals surface area contributed by atoms with Crippen molar-refractivity contribution in [2.24, 2.45) is 11.3 Å². The summed E-state index contributed by atoms with van der Waals surface area (Å²) in [6, 6.07) is -0.0800. The molecule has 0 aliphatic heterocycles. The largest absolute Gasteiger partial charge is 0.416 e. The smallest absolute Gasteiger partial charge is 0.243 e. The van der Waals surface area contributed by atoms with Gasteiger partial charge in [0.25, 0.3) is 0 Å². The Morgan fingerprint density at radius 1 is 1.41 bits per heavy atom. The average Bonchev–Trinajstić information content (AvgIpc) is 2.88. The second-order valence-corrected chi connectivity index (χ2v) is 6.49. The maximum Gasteiger partial charge on any atom is 0.416 e. The van der Waals surface area contributed by atoms with Crippen molar-refractivity contribution in [1.82, 2.24) is 5.48 Å². The average molecular weight is 265 g/mol. The number of rotatable bonds is 7. The lowest BCUT2D eigenvalue weighted by Crippen LogP contribution is -2.32. The molecule has 6 heteroatoms. The molecule has 1 fully saturated rings. The minimum atomic E-state index is -3.96. The van der Waals surface area contributed by atoms with Crippen LogP contribution >= 0.6 is 0 Å². The summed E-state index contributed by atoms with van der Waals surface area (Å²) in [5.41, 5.74) is 2.34. The van der Waals surface area contributed by atoms with Crippen LogP contribution in [0.1, 0.15) is 47.5 Å². The quantitative estimate of drug-likeness (QED) is 0.713. The molecule has 0 aromatic heterocycles. The zero-order valence-electron chi connectivity index (χ0n) is 11.2. The summed E-state index contributed by atoms with van der Waals surface area (Å²) < 4.78 is 32.6. The molecule has 0 aromatic carbocycles. The van der Waals surface area contributed by atoms with Crippen LogP contribution in [0, 0.1) is 11.3 Å². The number of hydrogen-bond acceptors (Lipinski definition) is 5. The summed E-state index contributed by atoms with van der Waals surface area (Å²) in [7, 11) is -3.96. The Labute approximate surface area is 104 Å². The lowest BCUT2D eigenvalue weighted by atomic mass is 9.99. The number of nitrogens with one attached hydrogen (secondary N) is 1. The van der Waals surface area contributed by atoms with Gasteiger partial charge in [0, 0.05) is 6.04 Å². The van der Waals surface area contributed by atoms with E-state index in [1.165, 1.54) is 0 Å². The van der Waals surface area contributed by atoms with Gasteiger partial charge in [-0.15, -0.1) is 0 Å². The molecule has 5 nitrogen and oxygen atoms in total. The molecule has 1 saturated carbocycles. The molecule has 102 valence electrons. The van der Waals surface area contributed by atoms with Crippen LogP contribution in [0.15, 0.2) is 0 Å². The predicted molar refractivity (Wildman–Crippen MR) is 65.3 cm³/mol. The van der Waals surface area contributed by atoms with Gasteiger partial charge >= 0.3 is 10.4 Å². The van der Waals surface area contributed by atoms with Gasteiger partial charge in [0.1, 0.15) is 0 Å². The molecule has 0 amide bonds. The van der Waals surface area contributed by atoms with E-state index in [9.17, 15) is 8.42 Å². The molecule has 17 heavy (non-hydrogen) atoms. The second-order valence-electron chi connectivity index (χ2n) is 5.32. The van der Waals surface area contributed by atoms with E-state index >= 15 is 0 Å². The molecule has 0 aromatic rings. The predicted octanol–water partition coefficient (Wildman–Crippen LogP) is 2.00. The van der Waals surface area contributed by atoms with Crippen molar-refractivity contribution in [3.05, 3.63) is 0 Å². The standard InChI is InChI=1S/C11H23NO4S/c1-6-10-7-11(10,5)9(4)15-17(13,14)16-12-8(2)3/h8-10,12H,6-7H2,1-5H3. The van der Waals surface area contributed by atoms with Gasteiger partial charge in [-0.25, -0.2) is 4.18 Å². The van der Waals surface area contributed by atoms with Crippen molar-refractivity contribution in [1.29, 1.82) is 0 Å². The van der Waals surface area contributed by atoms with E-state index in [1.807, 2.05) is 0 Å². The van der Waals surface area contributed by atoms with Crippen LogP contribution in [0.4, 0.5) is 0 Å². The molecule has 1 aliphatic rings. The molecule has 0 spiro atoms. The van der Waals surface area contributed by atoms with Crippen LogP contribution < -0.4 is 5.48 Å². The molecule has 3 unspecified atom stereocenters. The first-order chi connectivity index (χ1) is 7.71. The SMILES string of the molecule is CCC1CC1(C)C(C)OS(=O)(=O)ONC(C)C. The van der Waals surface area contributed by atoms with Gasteiger partial charge in [0.15, 0.2) is 0 Å². The Balaban J connectivity index is 2.48. The molecule has 0 bridgehead atoms. The van der Waals surface area contributed by atoms with Gasteiger partial charge in [0.2, 0.25) is 0 Å². The molecule has 0 heterocycles. The highest BCUT2D eigenvalue weighted by molar-refractivity contribution is 7.81. The van der Waals surface area contributed by atoms with Crippen molar-refractivity contribution in [2.45, 2.75) is 59.6 Å². The normalized spacial score (nSPS) is 30.6. The van der Waals surface area contributed by atoms with Gasteiger partial charge in [-0.3, -0.25) is 0 Å². The highest BCUT2D eigenvalue weighted by Gasteiger charge is 2.54. The summed E-state index contributed by atoms with van der Waals surface area (Å²) in [5.74, 6) is 0.547. The molecular formula is C11H23NO4S. The van der Waals surface area contributed by atoms with Crippen LogP contribution in [0.5, 0.6) is 0 Å². The topological polar surface area (TPSA) is 64.6 Å². The fourth-order valence-corrected chi connectivity index (χ4v) is 2.96. The third-order valence-electron chi connectivity index (χ3n) is 3.53. The van der Waals surface area contributed by atoms with Gasteiger partial charge in [-0.2, -0.15) is 18.2 Å². The van der Waals surface area contributed by atoms with E-state index in [2.05, 4.69) is 23.6 Å². The molecule has 1 rings (SSSR count). The first-order valence-electron chi connectivity index (χ1n) is 6.08. The van der Waals surface area contributed by atoms with Crippen molar-refractivity contribution < 1.29 is 16.9 Å². The van der Waals surface area contributed by atoms with E-state index < -0.39 is 10.4 Å². The molecule has 0 saturated heterocycles. The van der Waals surface area contributed by atoms with Crippen molar-refractivity contribution >= 4 is 10.4 Å². The molecule has 1 aliphatic carbocycles. The van der Waals surface area contributed by atoms with Crippen molar-refractivity contribution in [3.63, 3.8) is 0 Å². The minimum Gasteiger partial charge on any atom is -0.243 e. The highest BCUT2D eigenvalue weighted by Crippen LogP contribution is 2.57. The fraction of sp³-hybridized carbons (Fsp3) is 1.00. The lowest BCUT2D eigenvalue weighted by Gasteiger charge is -2.20. The van der Waals surface area contributed by atoms with Crippen molar-refractivity contribution in [2.75, 3.05) is 0 Å². The van der Waals surface area contributed by atoms with E-state index in [-0.39, 0.29) is 17.6 Å². The van der Waals surface area contributed by atoms with Crippen LogP contribution in [-0.4, -0.2) is 20.6 Å². The monoisotopic (exact) mass is 265 g/mol. The molecular weight excluding hydrogens is 242 g/mol. The molecule has 0 radical (unpaired) electrons. The van der Waals surface area contributed by atoms with Gasteiger partial charge < -0.3 is 0 Å². The van der Waals surface area contributed by atoms with Crippen LogP contribution in [0.2, 0.25) is 0 Å². The molecule has 3 atom stereocenters. The summed E-state index contributed by atoms with van der Waals surface area (Å²) in [6.45, 7) is 9.51. The Kier molecular flexibility index (Phi) is 4.57. The number of hydrogen-bond donors (Lipinski definition) is 1. The summed E-state index contributed by atoms with van der Waals surface area (Å²) in [6.07, 6.45) is 1.71. The summed E-state index contributed by atoms with van der Waals surface area (Å²) in [4.78, 5) is 0. The zero-order chi connectivity index (χ0) is 13.3. The summed E-state index contributed by atoms with van der Waals surface area (Å²) >= 11 is 0. The van der Waals surface area contributed by atoms with Crippen LogP contribution in [-0.2, 0) is 18.9 Å². The van der Waals surface area contributed by atoms with Gasteiger partial charge in [-0.05, 0) is 38.5 Å². The number of hydroxylamine groups is 1. The van der Waals surface area contributed by atoms with Gasteiger partial charge in [0.05, 0.1) is 6.10 Å². The second kappa shape index (κ2) is 5.22. The Hall–Kier alpha value is -0.170. The van der Waals surface area contributed by atoms with E-state index in [4.69, 9.17) is 4.18 Å². The maximum absolute atomic E-state index is 11.5.